The Morgan fingerprint density at radius 3 is 2.75 bits per heavy atom. The molecular formula is C20H28N6OS. The summed E-state index contributed by atoms with van der Waals surface area (Å²) in [4.78, 5) is 17.6. The van der Waals surface area contributed by atoms with Crippen molar-refractivity contribution < 1.29 is 4.79 Å². The van der Waals surface area contributed by atoms with Gasteiger partial charge in [0.25, 0.3) is 0 Å². The molecule has 2 aromatic heterocycles. The molecular weight excluding hydrogens is 372 g/mol. The van der Waals surface area contributed by atoms with Crippen LogP contribution >= 0.6 is 11.8 Å². The van der Waals surface area contributed by atoms with Crippen LogP contribution in [0.3, 0.4) is 0 Å². The summed E-state index contributed by atoms with van der Waals surface area (Å²) >= 11 is 1.70. The van der Waals surface area contributed by atoms with E-state index in [2.05, 4.69) is 59.1 Å². The molecule has 0 atom stereocenters. The number of rotatable bonds is 9. The van der Waals surface area contributed by atoms with Crippen LogP contribution in [0.1, 0.15) is 38.9 Å². The fourth-order valence-electron chi connectivity index (χ4n) is 3.13. The minimum absolute atomic E-state index is 0.129. The molecule has 0 aliphatic rings. The van der Waals surface area contributed by atoms with Crippen LogP contribution in [0.4, 0.5) is 5.82 Å². The molecule has 8 heteroatoms. The molecule has 1 aromatic carbocycles. The highest BCUT2D eigenvalue weighted by atomic mass is 32.2. The number of hydrogen-bond acceptors (Lipinski definition) is 6. The van der Waals surface area contributed by atoms with E-state index < -0.39 is 0 Å². The molecule has 28 heavy (non-hydrogen) atoms. The highest BCUT2D eigenvalue weighted by Gasteiger charge is 2.13. The van der Waals surface area contributed by atoms with Gasteiger partial charge in [-0.2, -0.15) is 0 Å². The Labute approximate surface area is 169 Å². The van der Waals surface area contributed by atoms with Gasteiger partial charge in [-0.1, -0.05) is 13.8 Å². The summed E-state index contributed by atoms with van der Waals surface area (Å²) in [6.07, 6.45) is 4.50. The van der Waals surface area contributed by atoms with E-state index in [4.69, 9.17) is 4.98 Å². The monoisotopic (exact) mass is 400 g/mol. The zero-order valence-corrected chi connectivity index (χ0v) is 17.8. The summed E-state index contributed by atoms with van der Waals surface area (Å²) < 4.78 is 2.04. The van der Waals surface area contributed by atoms with Crippen molar-refractivity contribution in [1.82, 2.24) is 24.9 Å². The van der Waals surface area contributed by atoms with E-state index in [1.165, 1.54) is 4.90 Å². The number of aromatic nitrogens is 4. The van der Waals surface area contributed by atoms with Crippen LogP contribution in [-0.4, -0.2) is 44.8 Å². The van der Waals surface area contributed by atoms with Crippen molar-refractivity contribution in [3.63, 3.8) is 0 Å². The van der Waals surface area contributed by atoms with E-state index in [1.807, 2.05) is 11.3 Å². The summed E-state index contributed by atoms with van der Waals surface area (Å²) in [7, 11) is 0. The Morgan fingerprint density at radius 2 is 2.00 bits per heavy atom. The highest BCUT2D eigenvalue weighted by molar-refractivity contribution is 7.98. The van der Waals surface area contributed by atoms with Crippen molar-refractivity contribution in [3.8, 4) is 0 Å². The van der Waals surface area contributed by atoms with Crippen molar-refractivity contribution in [2.75, 3.05) is 24.7 Å². The van der Waals surface area contributed by atoms with E-state index >= 15 is 0 Å². The minimum atomic E-state index is 0.129. The number of aryl methyl sites for hydroxylation is 1. The third kappa shape index (κ3) is 4.73. The lowest BCUT2D eigenvalue weighted by Crippen LogP contribution is -2.25. The van der Waals surface area contributed by atoms with Gasteiger partial charge in [0.05, 0.1) is 11.0 Å². The number of unbranched alkanes of at least 4 members (excludes halogenated alkanes) is 1. The van der Waals surface area contributed by atoms with Crippen LogP contribution in [0.5, 0.6) is 0 Å². The number of carbonyl (C=O) groups excluding carboxylic acids is 1. The van der Waals surface area contributed by atoms with Crippen LogP contribution in [0.2, 0.25) is 0 Å². The average molecular weight is 401 g/mol. The predicted octanol–water partition coefficient (Wildman–Crippen LogP) is 3.66. The normalized spacial score (nSPS) is 11.5. The summed E-state index contributed by atoms with van der Waals surface area (Å²) in [5, 5.41) is 14.9. The molecule has 0 fully saturated rings. The van der Waals surface area contributed by atoms with Gasteiger partial charge < -0.3 is 10.6 Å². The van der Waals surface area contributed by atoms with Gasteiger partial charge in [-0.15, -0.1) is 22.0 Å². The van der Waals surface area contributed by atoms with Gasteiger partial charge in [0.2, 0.25) is 11.6 Å². The van der Waals surface area contributed by atoms with Gasteiger partial charge in [0, 0.05) is 24.4 Å². The predicted molar refractivity (Wildman–Crippen MR) is 115 cm³/mol. The van der Waals surface area contributed by atoms with Gasteiger partial charge in [0.1, 0.15) is 5.82 Å². The SMILES string of the molecule is CSc1ccc2c(c1)nc(NCCCCNC(=O)CC(C)C)c1nnc(C)n12. The fourth-order valence-corrected chi connectivity index (χ4v) is 3.56. The third-order valence-corrected chi connectivity index (χ3v) is 5.23. The zero-order valence-electron chi connectivity index (χ0n) is 17.0. The van der Waals surface area contributed by atoms with Crippen molar-refractivity contribution in [1.29, 1.82) is 0 Å². The van der Waals surface area contributed by atoms with Crippen molar-refractivity contribution in [2.45, 2.75) is 44.9 Å². The first-order valence-corrected chi connectivity index (χ1v) is 10.9. The van der Waals surface area contributed by atoms with E-state index in [0.29, 0.717) is 18.9 Å². The lowest BCUT2D eigenvalue weighted by Gasteiger charge is -2.11. The lowest BCUT2D eigenvalue weighted by molar-refractivity contribution is -0.121. The molecule has 0 bridgehead atoms. The Balaban J connectivity index is 1.65. The number of carbonyl (C=O) groups is 1. The van der Waals surface area contributed by atoms with E-state index in [9.17, 15) is 4.79 Å². The number of amides is 1. The number of nitrogens with zero attached hydrogens (tertiary/aromatic N) is 4. The van der Waals surface area contributed by atoms with Gasteiger partial charge in [0.15, 0.2) is 5.82 Å². The molecule has 1 amide bonds. The number of anilines is 1. The number of nitrogens with one attached hydrogen (secondary N) is 2. The van der Waals surface area contributed by atoms with E-state index in [0.717, 1.165) is 47.7 Å². The van der Waals surface area contributed by atoms with Gasteiger partial charge in [-0.25, -0.2) is 4.98 Å². The largest absolute Gasteiger partial charge is 0.367 e. The quantitative estimate of drug-likeness (QED) is 0.421. The zero-order chi connectivity index (χ0) is 20.1. The highest BCUT2D eigenvalue weighted by Crippen LogP contribution is 2.25. The molecule has 0 unspecified atom stereocenters. The van der Waals surface area contributed by atoms with Gasteiger partial charge in [-0.05, 0) is 50.1 Å². The smallest absolute Gasteiger partial charge is 0.220 e. The Bertz CT molecular complexity index is 968. The number of hydrogen-bond donors (Lipinski definition) is 2. The molecule has 0 spiro atoms. The standard InChI is InChI=1S/C20H28N6OS/c1-13(2)11-18(27)21-9-5-6-10-22-19-20-25-24-14(3)26(20)17-8-7-15(28-4)12-16(17)23-19/h7-8,12-13H,5-6,9-11H2,1-4H3,(H,21,27)(H,22,23). The molecule has 3 rings (SSSR count). The second-order valence-corrected chi connectivity index (χ2v) is 8.18. The van der Waals surface area contributed by atoms with E-state index in [1.54, 1.807) is 11.8 Å². The number of thioether (sulfide) groups is 1. The molecule has 3 aromatic rings. The maximum Gasteiger partial charge on any atom is 0.220 e. The molecule has 2 N–H and O–H groups in total. The fraction of sp³-hybridized carbons (Fsp3) is 0.500. The molecule has 0 aliphatic carbocycles. The summed E-state index contributed by atoms with van der Waals surface area (Å²) in [6.45, 7) is 7.52. The number of benzene rings is 1. The van der Waals surface area contributed by atoms with Gasteiger partial charge >= 0.3 is 0 Å². The maximum absolute atomic E-state index is 11.7. The Hall–Kier alpha value is -2.35. The first-order valence-electron chi connectivity index (χ1n) is 9.69. The maximum atomic E-state index is 11.7. The molecule has 7 nitrogen and oxygen atoms in total. The molecule has 0 saturated carbocycles. The molecule has 2 heterocycles. The molecule has 0 aliphatic heterocycles. The summed E-state index contributed by atoms with van der Waals surface area (Å²) in [5.41, 5.74) is 2.67. The van der Waals surface area contributed by atoms with E-state index in [-0.39, 0.29) is 5.91 Å². The Morgan fingerprint density at radius 1 is 1.21 bits per heavy atom. The molecule has 0 saturated heterocycles. The minimum Gasteiger partial charge on any atom is -0.367 e. The van der Waals surface area contributed by atoms with Crippen molar-refractivity contribution in [3.05, 3.63) is 24.0 Å². The van der Waals surface area contributed by atoms with Crippen LogP contribution < -0.4 is 10.6 Å². The first-order chi connectivity index (χ1) is 13.5. The third-order valence-electron chi connectivity index (χ3n) is 4.50. The second kappa shape index (κ2) is 9.23. The molecule has 0 radical (unpaired) electrons. The van der Waals surface area contributed by atoms with Crippen LogP contribution in [0, 0.1) is 12.8 Å². The van der Waals surface area contributed by atoms with Crippen LogP contribution in [-0.2, 0) is 4.79 Å². The molecule has 150 valence electrons. The summed E-state index contributed by atoms with van der Waals surface area (Å²) in [5.74, 6) is 2.11. The average Bonchev–Trinajstić information content (AvgIpc) is 3.05. The van der Waals surface area contributed by atoms with Gasteiger partial charge in [-0.3, -0.25) is 9.20 Å². The Kier molecular flexibility index (Phi) is 6.72. The van der Waals surface area contributed by atoms with Crippen molar-refractivity contribution in [2.24, 2.45) is 5.92 Å². The lowest BCUT2D eigenvalue weighted by atomic mass is 10.1. The second-order valence-electron chi connectivity index (χ2n) is 7.30. The topological polar surface area (TPSA) is 84.2 Å². The van der Waals surface area contributed by atoms with Crippen molar-refractivity contribution >= 4 is 40.2 Å². The first kappa shape index (κ1) is 20.4. The van der Waals surface area contributed by atoms with Crippen LogP contribution in [0.25, 0.3) is 16.7 Å². The summed E-state index contributed by atoms with van der Waals surface area (Å²) in [6, 6.07) is 6.25. The number of fused-ring (bicyclic) bond motifs is 3. The van der Waals surface area contributed by atoms with Crippen LogP contribution in [0.15, 0.2) is 23.1 Å².